The summed E-state index contributed by atoms with van der Waals surface area (Å²) >= 11 is 0. The van der Waals surface area contributed by atoms with Crippen LogP contribution in [0.4, 0.5) is 0 Å². The monoisotopic (exact) mass is 310 g/mol. The summed E-state index contributed by atoms with van der Waals surface area (Å²) < 4.78 is 0. The first-order valence-corrected chi connectivity index (χ1v) is 9.15. The van der Waals surface area contributed by atoms with Crippen LogP contribution in [0, 0.1) is 5.92 Å². The molecule has 126 valence electrons. The van der Waals surface area contributed by atoms with Gasteiger partial charge in [-0.25, -0.2) is 0 Å². The van der Waals surface area contributed by atoms with Crippen molar-refractivity contribution in [2.24, 2.45) is 5.92 Å². The molecule has 0 saturated carbocycles. The van der Waals surface area contributed by atoms with Gasteiger partial charge in [-0.2, -0.15) is 0 Å². The maximum Gasteiger partial charge on any atom is 0.0123 e. The van der Waals surface area contributed by atoms with Crippen LogP contribution in [0.5, 0.6) is 0 Å². The Bertz CT molecular complexity index is 623. The average Bonchev–Trinajstić information content (AvgIpc) is 2.81. The van der Waals surface area contributed by atoms with Gasteiger partial charge < -0.3 is 0 Å². The second kappa shape index (κ2) is 7.81. The molecule has 1 aromatic carbocycles. The van der Waals surface area contributed by atoms with E-state index in [9.17, 15) is 0 Å². The summed E-state index contributed by atoms with van der Waals surface area (Å²) in [5.74, 6) is 0.626. The lowest BCUT2D eigenvalue weighted by atomic mass is 9.71. The van der Waals surface area contributed by atoms with Crippen molar-refractivity contribution >= 4 is 5.57 Å². The van der Waals surface area contributed by atoms with Gasteiger partial charge in [0, 0.05) is 5.41 Å². The zero-order valence-electron chi connectivity index (χ0n) is 16.4. The minimum absolute atomic E-state index is 0.153. The molecule has 0 radical (unpaired) electrons. The Morgan fingerprint density at radius 2 is 1.65 bits per heavy atom. The van der Waals surface area contributed by atoms with Crippen LogP contribution in [0.2, 0.25) is 0 Å². The fourth-order valence-electron chi connectivity index (χ4n) is 4.16. The molecule has 0 amide bonds. The molecule has 0 heterocycles. The van der Waals surface area contributed by atoms with Crippen LogP contribution in [0.1, 0.15) is 72.9 Å². The van der Waals surface area contributed by atoms with Gasteiger partial charge in [-0.15, -0.1) is 0 Å². The molecule has 1 aromatic rings. The van der Waals surface area contributed by atoms with Gasteiger partial charge in [0.2, 0.25) is 0 Å². The van der Waals surface area contributed by atoms with Crippen molar-refractivity contribution in [1.29, 1.82) is 0 Å². The summed E-state index contributed by atoms with van der Waals surface area (Å²) in [7, 11) is 0. The van der Waals surface area contributed by atoms with Crippen LogP contribution in [-0.2, 0) is 5.41 Å². The first-order valence-electron chi connectivity index (χ1n) is 9.15. The summed E-state index contributed by atoms with van der Waals surface area (Å²) in [6.45, 7) is 21.4. The third-order valence-electron chi connectivity index (χ3n) is 4.85. The van der Waals surface area contributed by atoms with Crippen LogP contribution in [0.25, 0.3) is 5.57 Å². The van der Waals surface area contributed by atoms with E-state index in [1.54, 1.807) is 5.57 Å². The lowest BCUT2D eigenvalue weighted by molar-refractivity contribution is 0.521. The van der Waals surface area contributed by atoms with Gasteiger partial charge in [0.25, 0.3) is 0 Å². The molecule has 2 aliphatic rings. The number of allylic oxidation sites excluding steroid dienone is 5. The molecule has 0 saturated heterocycles. The highest BCUT2D eigenvalue weighted by Crippen LogP contribution is 2.55. The lowest BCUT2D eigenvalue weighted by Crippen LogP contribution is -2.23. The quantitative estimate of drug-likeness (QED) is 0.509. The lowest BCUT2D eigenvalue weighted by Gasteiger charge is -2.32. The first-order chi connectivity index (χ1) is 11.0. The van der Waals surface area contributed by atoms with Gasteiger partial charge in [-0.05, 0) is 47.1 Å². The predicted molar refractivity (Wildman–Crippen MR) is 106 cm³/mol. The maximum atomic E-state index is 4.05. The Morgan fingerprint density at radius 1 is 1.09 bits per heavy atom. The van der Waals surface area contributed by atoms with Crippen LogP contribution >= 0.6 is 0 Å². The largest absolute Gasteiger partial charge is 0.0984 e. The first kappa shape index (κ1) is 19.5. The van der Waals surface area contributed by atoms with Crippen molar-refractivity contribution in [3.63, 3.8) is 0 Å². The molecule has 23 heavy (non-hydrogen) atoms. The molecule has 0 aliphatic heterocycles. The van der Waals surface area contributed by atoms with E-state index in [4.69, 9.17) is 0 Å². The summed E-state index contributed by atoms with van der Waals surface area (Å²) in [6.07, 6.45) is 3.21. The highest BCUT2D eigenvalue weighted by Gasteiger charge is 2.42. The minimum atomic E-state index is 0.153. The van der Waals surface area contributed by atoms with Crippen molar-refractivity contribution in [3.8, 4) is 0 Å². The van der Waals surface area contributed by atoms with Gasteiger partial charge in [-0.1, -0.05) is 91.0 Å². The summed E-state index contributed by atoms with van der Waals surface area (Å²) in [4.78, 5) is 0. The molecule has 0 nitrogen and oxygen atoms in total. The van der Waals surface area contributed by atoms with Crippen LogP contribution in [0.15, 0.2) is 53.6 Å². The minimum Gasteiger partial charge on any atom is -0.0984 e. The number of hydrogen-bond acceptors (Lipinski definition) is 0. The highest BCUT2D eigenvalue weighted by atomic mass is 14.5. The molecule has 0 fully saturated rings. The second-order valence-electron chi connectivity index (χ2n) is 6.46. The van der Waals surface area contributed by atoms with E-state index in [-0.39, 0.29) is 5.41 Å². The van der Waals surface area contributed by atoms with Crippen molar-refractivity contribution in [2.45, 2.75) is 67.2 Å². The van der Waals surface area contributed by atoms with Crippen molar-refractivity contribution in [2.75, 3.05) is 0 Å². The molecule has 0 spiro atoms. The molecular formula is C23H34. The average molecular weight is 311 g/mol. The van der Waals surface area contributed by atoms with Crippen LogP contribution in [-0.4, -0.2) is 0 Å². The topological polar surface area (TPSA) is 0 Å². The SMILES string of the molecule is C=CC1=C(C)CC(C)C2=C1c1ccccc1C2(C)C.CC.CC. The molecule has 3 rings (SSSR count). The number of benzene rings is 1. The van der Waals surface area contributed by atoms with E-state index >= 15 is 0 Å². The normalized spacial score (nSPS) is 20.6. The smallest absolute Gasteiger partial charge is 0.0123 e. The molecule has 0 N–H and O–H groups in total. The van der Waals surface area contributed by atoms with Crippen LogP contribution in [0.3, 0.4) is 0 Å². The summed E-state index contributed by atoms with van der Waals surface area (Å²) in [5.41, 5.74) is 8.96. The van der Waals surface area contributed by atoms with E-state index in [0.29, 0.717) is 5.92 Å². The molecule has 2 aliphatic carbocycles. The third kappa shape index (κ3) is 3.09. The van der Waals surface area contributed by atoms with Crippen molar-refractivity contribution < 1.29 is 0 Å². The Hall–Kier alpha value is -1.56. The molecular weight excluding hydrogens is 276 g/mol. The molecule has 1 atom stereocenters. The van der Waals surface area contributed by atoms with E-state index in [2.05, 4.69) is 64.6 Å². The van der Waals surface area contributed by atoms with Crippen molar-refractivity contribution in [3.05, 3.63) is 64.8 Å². The number of fused-ring (bicyclic) bond motifs is 2. The highest BCUT2D eigenvalue weighted by molar-refractivity contribution is 5.92. The van der Waals surface area contributed by atoms with Crippen molar-refractivity contribution in [1.82, 2.24) is 0 Å². The summed E-state index contributed by atoms with van der Waals surface area (Å²) in [5, 5.41) is 0. The van der Waals surface area contributed by atoms with Gasteiger partial charge in [-0.3, -0.25) is 0 Å². The van der Waals surface area contributed by atoms with Gasteiger partial charge in [0.1, 0.15) is 0 Å². The summed E-state index contributed by atoms with van der Waals surface area (Å²) in [6, 6.07) is 8.87. The van der Waals surface area contributed by atoms with E-state index < -0.39 is 0 Å². The van der Waals surface area contributed by atoms with Gasteiger partial charge >= 0.3 is 0 Å². The third-order valence-corrected chi connectivity index (χ3v) is 4.85. The molecule has 1 unspecified atom stereocenters. The Balaban J connectivity index is 0.000000615. The zero-order valence-corrected chi connectivity index (χ0v) is 16.4. The second-order valence-corrected chi connectivity index (χ2v) is 6.46. The van der Waals surface area contributed by atoms with Gasteiger partial charge in [0.05, 0.1) is 0 Å². The Morgan fingerprint density at radius 3 is 2.22 bits per heavy atom. The van der Waals surface area contributed by atoms with E-state index in [0.717, 1.165) is 6.42 Å². The molecule has 0 heteroatoms. The number of hydrogen-bond donors (Lipinski definition) is 0. The fraction of sp³-hybridized carbons (Fsp3) is 0.478. The van der Waals surface area contributed by atoms with E-state index in [1.807, 2.05) is 27.7 Å². The van der Waals surface area contributed by atoms with Crippen LogP contribution < -0.4 is 0 Å². The Kier molecular flexibility index (Phi) is 6.62. The predicted octanol–water partition coefficient (Wildman–Crippen LogP) is 7.33. The van der Waals surface area contributed by atoms with Gasteiger partial charge in [0.15, 0.2) is 0 Å². The molecule has 0 aromatic heterocycles. The maximum absolute atomic E-state index is 4.05. The van der Waals surface area contributed by atoms with E-state index in [1.165, 1.54) is 27.8 Å². The number of rotatable bonds is 1. The Labute approximate surface area is 144 Å². The molecule has 0 bridgehead atoms. The standard InChI is InChI=1S/C19H22.2C2H6/c1-6-14-12(2)11-13(3)18-17(14)15-9-7-8-10-16(15)19(18,4)5;2*1-2/h6-10,13H,1,11H2,2-5H3;2*1-2H3. The fourth-order valence-corrected chi connectivity index (χ4v) is 4.16. The zero-order chi connectivity index (χ0) is 17.8.